The van der Waals surface area contributed by atoms with Gasteiger partial charge in [-0.25, -0.2) is 4.79 Å². The lowest BCUT2D eigenvalue weighted by Crippen LogP contribution is -2.38. The molecule has 7 heteroatoms. The van der Waals surface area contributed by atoms with Gasteiger partial charge in [0.25, 0.3) is 0 Å². The van der Waals surface area contributed by atoms with Gasteiger partial charge in [0.1, 0.15) is 0 Å². The van der Waals surface area contributed by atoms with E-state index in [1.54, 1.807) is 24.3 Å². The number of methoxy groups -OCH3 is 1. The Kier molecular flexibility index (Phi) is 7.79. The number of ether oxygens (including phenoxy) is 1. The number of carbonyl (C=O) groups is 3. The molecule has 0 radical (unpaired) electrons. The number of carbonyl (C=O) groups excluding carboxylic acids is 3. The van der Waals surface area contributed by atoms with Crippen molar-refractivity contribution in [2.24, 2.45) is 11.8 Å². The van der Waals surface area contributed by atoms with Crippen LogP contribution in [0.25, 0.3) is 0 Å². The molecule has 1 aromatic rings. The zero-order valence-corrected chi connectivity index (χ0v) is 16.3. The van der Waals surface area contributed by atoms with Crippen molar-refractivity contribution in [1.29, 1.82) is 0 Å². The van der Waals surface area contributed by atoms with E-state index in [-0.39, 0.29) is 23.7 Å². The van der Waals surface area contributed by atoms with Crippen LogP contribution in [-0.2, 0) is 14.3 Å². The highest BCUT2D eigenvalue weighted by molar-refractivity contribution is 5.95. The maximum absolute atomic E-state index is 12.5. The summed E-state index contributed by atoms with van der Waals surface area (Å²) in [5.41, 5.74) is 0.972. The second-order valence-corrected chi connectivity index (χ2v) is 7.20. The van der Waals surface area contributed by atoms with E-state index < -0.39 is 5.97 Å². The highest BCUT2D eigenvalue weighted by Gasteiger charge is 2.29. The van der Waals surface area contributed by atoms with Gasteiger partial charge >= 0.3 is 5.97 Å². The summed E-state index contributed by atoms with van der Waals surface area (Å²) in [6, 6.07) is 6.69. The van der Waals surface area contributed by atoms with E-state index in [1.165, 1.54) is 7.11 Å². The van der Waals surface area contributed by atoms with Crippen LogP contribution in [0.1, 0.15) is 36.0 Å². The van der Waals surface area contributed by atoms with Crippen LogP contribution in [0.3, 0.4) is 0 Å². The summed E-state index contributed by atoms with van der Waals surface area (Å²) in [6.07, 6.45) is 2.81. The molecule has 1 saturated carbocycles. The number of esters is 1. The molecule has 0 saturated heterocycles. The normalized spacial score (nSPS) is 19.4. The average Bonchev–Trinajstić information content (AvgIpc) is 2.67. The molecule has 1 fully saturated rings. The van der Waals surface area contributed by atoms with E-state index in [0.29, 0.717) is 43.5 Å². The molecule has 1 aromatic carbocycles. The van der Waals surface area contributed by atoms with Crippen molar-refractivity contribution in [3.05, 3.63) is 29.8 Å². The first kappa shape index (κ1) is 20.9. The van der Waals surface area contributed by atoms with E-state index in [0.717, 1.165) is 6.54 Å². The lowest BCUT2D eigenvalue weighted by atomic mass is 9.81. The third kappa shape index (κ3) is 6.36. The van der Waals surface area contributed by atoms with E-state index >= 15 is 0 Å². The number of benzene rings is 1. The van der Waals surface area contributed by atoms with Gasteiger partial charge in [-0.15, -0.1) is 0 Å². The van der Waals surface area contributed by atoms with Crippen molar-refractivity contribution in [2.45, 2.75) is 25.7 Å². The molecule has 2 amide bonds. The average molecular weight is 375 g/mol. The molecule has 148 valence electrons. The molecule has 1 aliphatic rings. The van der Waals surface area contributed by atoms with Crippen LogP contribution in [-0.4, -0.2) is 57.0 Å². The van der Waals surface area contributed by atoms with Crippen LogP contribution in [0.15, 0.2) is 24.3 Å². The summed E-state index contributed by atoms with van der Waals surface area (Å²) in [4.78, 5) is 38.3. The van der Waals surface area contributed by atoms with Crippen molar-refractivity contribution in [3.8, 4) is 0 Å². The molecule has 1 aliphatic carbocycles. The number of rotatable bonds is 7. The van der Waals surface area contributed by atoms with Gasteiger partial charge in [0, 0.05) is 30.6 Å². The van der Waals surface area contributed by atoms with Gasteiger partial charge in [0.15, 0.2) is 0 Å². The van der Waals surface area contributed by atoms with Gasteiger partial charge in [0.2, 0.25) is 11.8 Å². The molecule has 0 spiro atoms. The van der Waals surface area contributed by atoms with E-state index in [1.807, 2.05) is 19.0 Å². The summed E-state index contributed by atoms with van der Waals surface area (Å²) < 4.78 is 4.70. The van der Waals surface area contributed by atoms with Gasteiger partial charge in [-0.05, 0) is 58.0 Å². The Bertz CT molecular complexity index is 667. The Balaban J connectivity index is 1.81. The fourth-order valence-electron chi connectivity index (χ4n) is 3.25. The minimum atomic E-state index is -0.438. The van der Waals surface area contributed by atoms with Crippen molar-refractivity contribution < 1.29 is 19.1 Å². The summed E-state index contributed by atoms with van der Waals surface area (Å²) in [5, 5.41) is 5.83. The van der Waals surface area contributed by atoms with Crippen molar-refractivity contribution in [1.82, 2.24) is 10.2 Å². The zero-order chi connectivity index (χ0) is 19.8. The minimum Gasteiger partial charge on any atom is -0.465 e. The number of likely N-dealkylation sites (N-methyl/N-ethyl adjacent to an activating group) is 1. The molecule has 7 nitrogen and oxygen atoms in total. The molecular formula is C20H29N3O4. The molecule has 0 bridgehead atoms. The first-order valence-corrected chi connectivity index (χ1v) is 9.32. The maximum atomic E-state index is 12.5. The van der Waals surface area contributed by atoms with Crippen molar-refractivity contribution in [3.63, 3.8) is 0 Å². The standard InChI is InChI=1S/C20H29N3O4/c1-23(2)12-11-21-18(24)14-7-9-15(10-8-14)19(25)22-17-6-4-5-16(13-17)20(26)27-3/h4-6,13-15H,7-12H2,1-3H3,(H,21,24)(H,22,25). The topological polar surface area (TPSA) is 87.7 Å². The lowest BCUT2D eigenvalue weighted by Gasteiger charge is -2.27. The van der Waals surface area contributed by atoms with E-state index in [2.05, 4.69) is 10.6 Å². The predicted octanol–water partition coefficient (Wildman–Crippen LogP) is 1.90. The zero-order valence-electron chi connectivity index (χ0n) is 16.3. The largest absolute Gasteiger partial charge is 0.465 e. The van der Waals surface area contributed by atoms with Gasteiger partial charge < -0.3 is 20.3 Å². The second kappa shape index (κ2) is 10.1. The summed E-state index contributed by atoms with van der Waals surface area (Å²) in [5.74, 6) is -0.548. The van der Waals surface area contributed by atoms with Crippen LogP contribution in [0.4, 0.5) is 5.69 Å². The number of amides is 2. The number of hydrogen-bond acceptors (Lipinski definition) is 5. The molecule has 2 N–H and O–H groups in total. The Morgan fingerprint density at radius 1 is 1.07 bits per heavy atom. The quantitative estimate of drug-likeness (QED) is 0.711. The van der Waals surface area contributed by atoms with Crippen LogP contribution in [0, 0.1) is 11.8 Å². The summed E-state index contributed by atoms with van der Waals surface area (Å²) in [7, 11) is 5.26. The molecule has 0 aliphatic heterocycles. The Labute approximate surface area is 160 Å². The smallest absolute Gasteiger partial charge is 0.337 e. The molecule has 2 rings (SSSR count). The van der Waals surface area contributed by atoms with Crippen LogP contribution in [0.5, 0.6) is 0 Å². The highest BCUT2D eigenvalue weighted by Crippen LogP contribution is 2.30. The monoisotopic (exact) mass is 375 g/mol. The van der Waals surface area contributed by atoms with Crippen molar-refractivity contribution >= 4 is 23.5 Å². The summed E-state index contributed by atoms with van der Waals surface area (Å²) in [6.45, 7) is 1.46. The number of hydrogen-bond donors (Lipinski definition) is 2. The maximum Gasteiger partial charge on any atom is 0.337 e. The van der Waals surface area contributed by atoms with Gasteiger partial charge in [-0.1, -0.05) is 6.07 Å². The molecular weight excluding hydrogens is 346 g/mol. The second-order valence-electron chi connectivity index (χ2n) is 7.20. The third-order valence-corrected chi connectivity index (χ3v) is 4.88. The van der Waals surface area contributed by atoms with E-state index in [4.69, 9.17) is 4.74 Å². The summed E-state index contributed by atoms with van der Waals surface area (Å²) >= 11 is 0. The van der Waals surface area contributed by atoms with Gasteiger partial charge in [-0.2, -0.15) is 0 Å². The van der Waals surface area contributed by atoms with E-state index in [9.17, 15) is 14.4 Å². The highest BCUT2D eigenvalue weighted by atomic mass is 16.5. The molecule has 0 heterocycles. The Hall–Kier alpha value is -2.41. The Morgan fingerprint density at radius 3 is 2.30 bits per heavy atom. The number of nitrogens with zero attached hydrogens (tertiary/aromatic N) is 1. The van der Waals surface area contributed by atoms with Crippen LogP contribution >= 0.6 is 0 Å². The van der Waals surface area contributed by atoms with Crippen LogP contribution in [0.2, 0.25) is 0 Å². The molecule has 0 aromatic heterocycles. The number of anilines is 1. The fraction of sp³-hybridized carbons (Fsp3) is 0.550. The third-order valence-electron chi connectivity index (χ3n) is 4.88. The first-order chi connectivity index (χ1) is 12.9. The molecule has 0 atom stereocenters. The molecule has 0 unspecified atom stereocenters. The van der Waals surface area contributed by atoms with Gasteiger partial charge in [0.05, 0.1) is 12.7 Å². The first-order valence-electron chi connectivity index (χ1n) is 9.32. The minimum absolute atomic E-state index is 0.0149. The number of nitrogens with one attached hydrogen (secondary N) is 2. The Morgan fingerprint density at radius 2 is 1.70 bits per heavy atom. The molecule has 27 heavy (non-hydrogen) atoms. The van der Waals surface area contributed by atoms with Crippen molar-refractivity contribution in [2.75, 3.05) is 39.6 Å². The fourth-order valence-corrected chi connectivity index (χ4v) is 3.25. The SMILES string of the molecule is COC(=O)c1cccc(NC(=O)C2CCC(C(=O)NCCN(C)C)CC2)c1. The lowest BCUT2D eigenvalue weighted by molar-refractivity contribution is -0.128. The van der Waals surface area contributed by atoms with Gasteiger partial charge in [-0.3, -0.25) is 9.59 Å². The van der Waals surface area contributed by atoms with Crippen LogP contribution < -0.4 is 10.6 Å². The predicted molar refractivity (Wildman–Crippen MR) is 103 cm³/mol.